The molecule has 2 N–H and O–H groups in total. The van der Waals surface area contributed by atoms with Crippen molar-refractivity contribution >= 4 is 5.91 Å². The van der Waals surface area contributed by atoms with Gasteiger partial charge in [0.25, 0.3) is 0 Å². The van der Waals surface area contributed by atoms with Crippen LogP contribution >= 0.6 is 0 Å². The van der Waals surface area contributed by atoms with Gasteiger partial charge in [-0.05, 0) is 6.42 Å². The van der Waals surface area contributed by atoms with Crippen LogP contribution in [0.3, 0.4) is 0 Å². The van der Waals surface area contributed by atoms with E-state index in [0.29, 0.717) is 6.42 Å². The molecule has 2 unspecified atom stereocenters. The molecule has 0 heterocycles. The Bertz CT molecular complexity index is 240. The molecule has 82 valence electrons. The van der Waals surface area contributed by atoms with E-state index in [1.165, 1.54) is 0 Å². The molecule has 0 aromatic carbocycles. The first-order valence-electron chi connectivity index (χ1n) is 5.14. The molecule has 1 amide bonds. The van der Waals surface area contributed by atoms with Gasteiger partial charge in [-0.2, -0.15) is 0 Å². The molecule has 14 heavy (non-hydrogen) atoms. The normalized spacial score (nSPS) is 30.7. The van der Waals surface area contributed by atoms with E-state index in [-0.39, 0.29) is 28.9 Å². The predicted molar refractivity (Wildman–Crippen MR) is 55.8 cm³/mol. The van der Waals surface area contributed by atoms with Crippen molar-refractivity contribution in [2.24, 2.45) is 10.8 Å². The second kappa shape index (κ2) is 3.23. The summed E-state index contributed by atoms with van der Waals surface area (Å²) in [7, 11) is 0. The maximum Gasteiger partial charge on any atom is 0.225 e. The molecule has 0 aliphatic heterocycles. The third-order valence-corrected chi connectivity index (χ3v) is 3.20. The van der Waals surface area contributed by atoms with E-state index in [9.17, 15) is 9.90 Å². The molecule has 2 atom stereocenters. The van der Waals surface area contributed by atoms with Crippen LogP contribution < -0.4 is 5.32 Å². The number of rotatable bonds is 1. The monoisotopic (exact) mass is 199 g/mol. The minimum atomic E-state index is -0.351. The van der Waals surface area contributed by atoms with E-state index in [0.717, 1.165) is 0 Å². The van der Waals surface area contributed by atoms with E-state index < -0.39 is 0 Å². The molecule has 3 nitrogen and oxygen atoms in total. The summed E-state index contributed by atoms with van der Waals surface area (Å²) in [4.78, 5) is 11.7. The number of carbonyl (C=O) groups excluding carboxylic acids is 1. The summed E-state index contributed by atoms with van der Waals surface area (Å²) < 4.78 is 0. The second-order valence-electron chi connectivity index (χ2n) is 5.85. The van der Waals surface area contributed by atoms with Gasteiger partial charge in [0.15, 0.2) is 0 Å². The zero-order chi connectivity index (χ0) is 11.1. The van der Waals surface area contributed by atoms with Crippen LogP contribution in [0.2, 0.25) is 0 Å². The number of hydrogen-bond acceptors (Lipinski definition) is 2. The predicted octanol–water partition coefficient (Wildman–Crippen LogP) is 1.31. The van der Waals surface area contributed by atoms with Crippen LogP contribution in [0, 0.1) is 10.8 Å². The standard InChI is InChI=1S/C11H21NO2/c1-10(2,3)9(14)12-7-6-8(13)11(7,4)5/h7-8,13H,6H2,1-5H3,(H,12,14). The summed E-state index contributed by atoms with van der Waals surface area (Å²) in [6.07, 6.45) is 0.391. The summed E-state index contributed by atoms with van der Waals surface area (Å²) in [5.41, 5.74) is -0.530. The van der Waals surface area contributed by atoms with Crippen molar-refractivity contribution in [3.05, 3.63) is 0 Å². The Morgan fingerprint density at radius 2 is 1.93 bits per heavy atom. The average molecular weight is 199 g/mol. The Balaban J connectivity index is 2.53. The first kappa shape index (κ1) is 11.5. The van der Waals surface area contributed by atoms with E-state index in [1.807, 2.05) is 34.6 Å². The van der Waals surface area contributed by atoms with Crippen LogP contribution in [0.15, 0.2) is 0 Å². The van der Waals surface area contributed by atoms with Gasteiger partial charge in [-0.3, -0.25) is 4.79 Å². The molecule has 0 spiro atoms. The quantitative estimate of drug-likeness (QED) is 0.669. The van der Waals surface area contributed by atoms with Crippen LogP contribution in [0.1, 0.15) is 41.0 Å². The van der Waals surface area contributed by atoms with Gasteiger partial charge in [-0.1, -0.05) is 34.6 Å². The average Bonchev–Trinajstić information content (AvgIpc) is 2.02. The third kappa shape index (κ3) is 1.92. The largest absolute Gasteiger partial charge is 0.392 e. The van der Waals surface area contributed by atoms with Gasteiger partial charge in [-0.15, -0.1) is 0 Å². The third-order valence-electron chi connectivity index (χ3n) is 3.20. The van der Waals surface area contributed by atoms with E-state index in [1.54, 1.807) is 0 Å². The Hall–Kier alpha value is -0.570. The molecular weight excluding hydrogens is 178 g/mol. The van der Waals surface area contributed by atoms with Crippen LogP contribution in [-0.4, -0.2) is 23.2 Å². The smallest absolute Gasteiger partial charge is 0.225 e. The fraction of sp³-hybridized carbons (Fsp3) is 0.909. The molecule has 0 radical (unpaired) electrons. The summed E-state index contributed by atoms with van der Waals surface area (Å²) in [6.45, 7) is 9.64. The number of nitrogens with one attached hydrogen (secondary N) is 1. The van der Waals surface area contributed by atoms with Crippen molar-refractivity contribution in [1.29, 1.82) is 0 Å². The van der Waals surface area contributed by atoms with Gasteiger partial charge in [0.2, 0.25) is 5.91 Å². The molecule has 0 saturated heterocycles. The van der Waals surface area contributed by atoms with Gasteiger partial charge in [0.05, 0.1) is 6.10 Å². The van der Waals surface area contributed by atoms with Gasteiger partial charge in [0.1, 0.15) is 0 Å². The fourth-order valence-electron chi connectivity index (χ4n) is 1.52. The Kier molecular flexibility index (Phi) is 2.65. The molecule has 3 heteroatoms. The van der Waals surface area contributed by atoms with Crippen LogP contribution in [0.5, 0.6) is 0 Å². The highest BCUT2D eigenvalue weighted by Crippen LogP contribution is 2.40. The maximum atomic E-state index is 11.7. The van der Waals surface area contributed by atoms with Gasteiger partial charge < -0.3 is 10.4 Å². The molecule has 0 aromatic heterocycles. The summed E-state index contributed by atoms with van der Waals surface area (Å²) >= 11 is 0. The number of aliphatic hydroxyl groups excluding tert-OH is 1. The number of amides is 1. The van der Waals surface area contributed by atoms with E-state index in [2.05, 4.69) is 5.32 Å². The SMILES string of the molecule is CC(C)(C)C(=O)NC1CC(O)C1(C)C. The van der Waals surface area contributed by atoms with Gasteiger partial charge in [0, 0.05) is 16.9 Å². The van der Waals surface area contributed by atoms with E-state index >= 15 is 0 Å². The number of carbonyl (C=O) groups is 1. The number of aliphatic hydroxyl groups is 1. The highest BCUT2D eigenvalue weighted by molar-refractivity contribution is 5.81. The lowest BCUT2D eigenvalue weighted by Gasteiger charge is -2.50. The molecule has 0 aromatic rings. The molecule has 1 aliphatic rings. The molecule has 1 rings (SSSR count). The summed E-state index contributed by atoms with van der Waals surface area (Å²) in [6, 6.07) is 0.115. The zero-order valence-corrected chi connectivity index (χ0v) is 9.72. The van der Waals surface area contributed by atoms with Crippen LogP contribution in [0.4, 0.5) is 0 Å². The lowest BCUT2D eigenvalue weighted by molar-refractivity contribution is -0.136. The molecular formula is C11H21NO2. The molecule has 1 saturated carbocycles. The van der Waals surface area contributed by atoms with Crippen molar-refractivity contribution in [2.45, 2.75) is 53.2 Å². The maximum absolute atomic E-state index is 11.7. The fourth-order valence-corrected chi connectivity index (χ4v) is 1.52. The minimum absolute atomic E-state index is 0.0578. The van der Waals surface area contributed by atoms with Crippen molar-refractivity contribution in [3.8, 4) is 0 Å². The molecule has 1 aliphatic carbocycles. The molecule has 1 fully saturated rings. The van der Waals surface area contributed by atoms with Gasteiger partial charge >= 0.3 is 0 Å². The zero-order valence-electron chi connectivity index (χ0n) is 9.72. The minimum Gasteiger partial charge on any atom is -0.392 e. The Morgan fingerprint density at radius 1 is 1.43 bits per heavy atom. The van der Waals surface area contributed by atoms with Crippen molar-refractivity contribution in [1.82, 2.24) is 5.32 Å². The summed E-state index contributed by atoms with van der Waals surface area (Å²) in [5.74, 6) is 0.0578. The highest BCUT2D eigenvalue weighted by atomic mass is 16.3. The second-order valence-corrected chi connectivity index (χ2v) is 5.85. The Labute approximate surface area is 85.9 Å². The van der Waals surface area contributed by atoms with Crippen LogP contribution in [-0.2, 0) is 4.79 Å². The van der Waals surface area contributed by atoms with Crippen molar-refractivity contribution < 1.29 is 9.90 Å². The van der Waals surface area contributed by atoms with Crippen molar-refractivity contribution in [2.75, 3.05) is 0 Å². The topological polar surface area (TPSA) is 49.3 Å². The highest BCUT2D eigenvalue weighted by Gasteiger charge is 2.48. The van der Waals surface area contributed by atoms with E-state index in [4.69, 9.17) is 0 Å². The lowest BCUT2D eigenvalue weighted by atomic mass is 9.64. The Morgan fingerprint density at radius 3 is 2.21 bits per heavy atom. The van der Waals surface area contributed by atoms with Crippen LogP contribution in [0.25, 0.3) is 0 Å². The van der Waals surface area contributed by atoms with Gasteiger partial charge in [-0.25, -0.2) is 0 Å². The first-order valence-corrected chi connectivity index (χ1v) is 5.14. The first-order chi connectivity index (χ1) is 6.15. The number of hydrogen-bond donors (Lipinski definition) is 2. The lowest BCUT2D eigenvalue weighted by Crippen LogP contribution is -2.62. The van der Waals surface area contributed by atoms with Crippen molar-refractivity contribution in [3.63, 3.8) is 0 Å². The summed E-state index contributed by atoms with van der Waals surface area (Å²) in [5, 5.41) is 12.5. The molecule has 0 bridgehead atoms.